The zero-order chi connectivity index (χ0) is 13.7. The minimum absolute atomic E-state index is 0.0301. The van der Waals surface area contributed by atoms with Gasteiger partial charge in [-0.25, -0.2) is 4.98 Å². The summed E-state index contributed by atoms with van der Waals surface area (Å²) < 4.78 is 5.48. The number of carboxylic acid groups (broad SMARTS) is 1. The number of carbonyl (C=O) groups is 1. The first-order chi connectivity index (χ1) is 9.70. The molecule has 0 amide bonds. The molecule has 4 fully saturated rings. The molecule has 0 saturated heterocycles. The van der Waals surface area contributed by atoms with Crippen molar-refractivity contribution in [1.82, 2.24) is 4.98 Å². The van der Waals surface area contributed by atoms with E-state index in [1.54, 1.807) is 12.5 Å². The number of rotatable bonds is 4. The first-order valence-corrected chi connectivity index (χ1v) is 7.82. The van der Waals surface area contributed by atoms with Crippen LogP contribution in [0.4, 0.5) is 0 Å². The van der Waals surface area contributed by atoms with Crippen LogP contribution in [0, 0.1) is 29.6 Å². The van der Waals surface area contributed by atoms with Crippen LogP contribution in [-0.4, -0.2) is 16.1 Å². The maximum Gasteiger partial charge on any atom is 0.304 e. The third-order valence-electron chi connectivity index (χ3n) is 5.93. The van der Waals surface area contributed by atoms with Crippen molar-refractivity contribution in [2.24, 2.45) is 29.6 Å². The number of aliphatic carboxylic acids is 1. The molecule has 4 aliphatic rings. The van der Waals surface area contributed by atoms with Crippen molar-refractivity contribution in [1.29, 1.82) is 0 Å². The summed E-state index contributed by atoms with van der Waals surface area (Å²) in [5.41, 5.74) is 0. The predicted molar refractivity (Wildman–Crippen MR) is 72.0 cm³/mol. The Bertz CT molecular complexity index is 468. The van der Waals surface area contributed by atoms with Crippen molar-refractivity contribution >= 4 is 5.97 Å². The molecular weight excluding hydrogens is 254 g/mol. The van der Waals surface area contributed by atoms with E-state index in [0.717, 1.165) is 11.8 Å². The molecule has 1 N–H and O–H groups in total. The Balaban J connectivity index is 1.64. The molecule has 1 unspecified atom stereocenters. The molecule has 108 valence electrons. The SMILES string of the molecule is O=C(O)CC(c1ncco1)C1C2CC3CC(C2)CC1C3. The summed E-state index contributed by atoms with van der Waals surface area (Å²) in [6, 6.07) is 0. The van der Waals surface area contributed by atoms with Crippen molar-refractivity contribution in [2.75, 3.05) is 0 Å². The summed E-state index contributed by atoms with van der Waals surface area (Å²) >= 11 is 0. The molecule has 4 aliphatic carbocycles. The van der Waals surface area contributed by atoms with Gasteiger partial charge in [-0.1, -0.05) is 0 Å². The molecule has 0 aliphatic heterocycles. The Kier molecular flexibility index (Phi) is 2.86. The standard InChI is InChI=1S/C16H21NO3/c18-14(19)8-13(16-17-1-2-20-16)15-11-4-9-3-10(6-11)7-12(15)5-9/h1-2,9-13,15H,3-8H2,(H,18,19). The molecule has 1 heterocycles. The van der Waals surface area contributed by atoms with E-state index in [2.05, 4.69) is 4.98 Å². The molecule has 4 nitrogen and oxygen atoms in total. The van der Waals surface area contributed by atoms with E-state index in [4.69, 9.17) is 4.42 Å². The number of carboxylic acids is 1. The minimum Gasteiger partial charge on any atom is -0.481 e. The van der Waals surface area contributed by atoms with Gasteiger partial charge in [0.2, 0.25) is 0 Å². The van der Waals surface area contributed by atoms with Crippen molar-refractivity contribution in [3.8, 4) is 0 Å². The zero-order valence-corrected chi connectivity index (χ0v) is 11.6. The molecule has 20 heavy (non-hydrogen) atoms. The second-order valence-electron chi connectivity index (χ2n) is 7.08. The van der Waals surface area contributed by atoms with Crippen LogP contribution >= 0.6 is 0 Å². The van der Waals surface area contributed by atoms with Gasteiger partial charge in [-0.05, 0) is 61.7 Å². The van der Waals surface area contributed by atoms with Crippen LogP contribution in [0.2, 0.25) is 0 Å². The van der Waals surface area contributed by atoms with E-state index in [-0.39, 0.29) is 12.3 Å². The maximum absolute atomic E-state index is 11.3. The fourth-order valence-electron chi connectivity index (χ4n) is 5.62. The summed E-state index contributed by atoms with van der Waals surface area (Å²) in [7, 11) is 0. The molecule has 1 aromatic heterocycles. The van der Waals surface area contributed by atoms with Crippen molar-refractivity contribution in [3.05, 3.63) is 18.4 Å². The first-order valence-electron chi connectivity index (χ1n) is 7.82. The highest BCUT2D eigenvalue weighted by Crippen LogP contribution is 2.60. The molecule has 0 radical (unpaired) electrons. The normalized spacial score (nSPS) is 39.9. The largest absolute Gasteiger partial charge is 0.481 e. The molecule has 4 heteroatoms. The molecule has 4 saturated carbocycles. The number of hydrogen-bond donors (Lipinski definition) is 1. The lowest BCUT2D eigenvalue weighted by molar-refractivity contribution is -0.139. The van der Waals surface area contributed by atoms with Crippen LogP contribution in [0.25, 0.3) is 0 Å². The average Bonchev–Trinajstić information content (AvgIpc) is 2.89. The van der Waals surface area contributed by atoms with Crippen molar-refractivity contribution < 1.29 is 14.3 Å². The summed E-state index contributed by atoms with van der Waals surface area (Å²) in [6.45, 7) is 0. The summed E-state index contributed by atoms with van der Waals surface area (Å²) in [5.74, 6) is 3.56. The van der Waals surface area contributed by atoms with Crippen LogP contribution in [0.1, 0.15) is 50.3 Å². The number of hydrogen-bond acceptors (Lipinski definition) is 3. The summed E-state index contributed by atoms with van der Waals surface area (Å²) in [5, 5.41) is 9.27. The van der Waals surface area contributed by atoms with Gasteiger partial charge in [0, 0.05) is 5.92 Å². The van der Waals surface area contributed by atoms with Gasteiger partial charge >= 0.3 is 5.97 Å². The monoisotopic (exact) mass is 275 g/mol. The zero-order valence-electron chi connectivity index (χ0n) is 11.6. The highest BCUT2D eigenvalue weighted by atomic mass is 16.4. The lowest BCUT2D eigenvalue weighted by Gasteiger charge is -2.56. The summed E-state index contributed by atoms with van der Waals surface area (Å²) in [4.78, 5) is 15.5. The number of oxazole rings is 1. The Morgan fingerprint density at radius 1 is 1.25 bits per heavy atom. The summed E-state index contributed by atoms with van der Waals surface area (Å²) in [6.07, 6.45) is 9.99. The molecule has 5 rings (SSSR count). The number of aromatic nitrogens is 1. The minimum atomic E-state index is -0.734. The maximum atomic E-state index is 11.3. The molecular formula is C16H21NO3. The molecule has 4 bridgehead atoms. The third-order valence-corrected chi connectivity index (χ3v) is 5.93. The van der Waals surface area contributed by atoms with Gasteiger partial charge in [0.05, 0.1) is 12.6 Å². The Labute approximate surface area is 118 Å². The van der Waals surface area contributed by atoms with Gasteiger partial charge in [0.1, 0.15) is 6.26 Å². The lowest BCUT2D eigenvalue weighted by Crippen LogP contribution is -2.47. The molecule has 1 atom stereocenters. The second-order valence-corrected chi connectivity index (χ2v) is 7.08. The Hall–Kier alpha value is -1.32. The smallest absolute Gasteiger partial charge is 0.304 e. The fourth-order valence-corrected chi connectivity index (χ4v) is 5.62. The highest BCUT2D eigenvalue weighted by Gasteiger charge is 2.51. The van der Waals surface area contributed by atoms with E-state index >= 15 is 0 Å². The lowest BCUT2D eigenvalue weighted by atomic mass is 9.49. The Morgan fingerprint density at radius 2 is 1.90 bits per heavy atom. The van der Waals surface area contributed by atoms with Gasteiger partial charge in [-0.2, -0.15) is 0 Å². The number of nitrogens with zero attached hydrogens (tertiary/aromatic N) is 1. The Morgan fingerprint density at radius 3 is 2.40 bits per heavy atom. The van der Waals surface area contributed by atoms with E-state index in [1.807, 2.05) is 0 Å². The van der Waals surface area contributed by atoms with Crippen LogP contribution < -0.4 is 0 Å². The average molecular weight is 275 g/mol. The van der Waals surface area contributed by atoms with Crippen LogP contribution in [0.5, 0.6) is 0 Å². The van der Waals surface area contributed by atoms with Gasteiger partial charge in [0.15, 0.2) is 5.89 Å². The molecule has 0 spiro atoms. The first kappa shape index (κ1) is 12.4. The molecule has 0 aromatic carbocycles. The van der Waals surface area contributed by atoms with Crippen LogP contribution in [0.3, 0.4) is 0 Å². The van der Waals surface area contributed by atoms with E-state index in [1.165, 1.54) is 32.1 Å². The van der Waals surface area contributed by atoms with Gasteiger partial charge < -0.3 is 9.52 Å². The van der Waals surface area contributed by atoms with E-state index < -0.39 is 5.97 Å². The van der Waals surface area contributed by atoms with Crippen LogP contribution in [-0.2, 0) is 4.79 Å². The van der Waals surface area contributed by atoms with Crippen molar-refractivity contribution in [2.45, 2.75) is 44.4 Å². The van der Waals surface area contributed by atoms with E-state index in [9.17, 15) is 9.90 Å². The topological polar surface area (TPSA) is 63.3 Å². The van der Waals surface area contributed by atoms with Gasteiger partial charge in [-0.15, -0.1) is 0 Å². The quantitative estimate of drug-likeness (QED) is 0.915. The third kappa shape index (κ3) is 1.97. The highest BCUT2D eigenvalue weighted by molar-refractivity contribution is 5.67. The van der Waals surface area contributed by atoms with E-state index in [0.29, 0.717) is 23.6 Å². The van der Waals surface area contributed by atoms with Crippen molar-refractivity contribution in [3.63, 3.8) is 0 Å². The van der Waals surface area contributed by atoms with Crippen LogP contribution in [0.15, 0.2) is 16.9 Å². The van der Waals surface area contributed by atoms with Gasteiger partial charge in [-0.3, -0.25) is 4.79 Å². The van der Waals surface area contributed by atoms with Gasteiger partial charge in [0.25, 0.3) is 0 Å². The predicted octanol–water partition coefficient (Wildman–Crippen LogP) is 3.31. The fraction of sp³-hybridized carbons (Fsp3) is 0.750. The second kappa shape index (κ2) is 4.61. The molecule has 1 aromatic rings.